The van der Waals surface area contributed by atoms with E-state index < -0.39 is 24.3 Å². The molecule has 1 aromatic heterocycles. The first-order valence-electron chi connectivity index (χ1n) is 11.2. The van der Waals surface area contributed by atoms with Crippen LogP contribution in [0.1, 0.15) is 30.9 Å². The quantitative estimate of drug-likeness (QED) is 0.221. The summed E-state index contributed by atoms with van der Waals surface area (Å²) in [5.74, 6) is -1.79. The molecule has 1 unspecified atom stereocenters. The SMILES string of the molecule is O=C([O-])CC(NC(=O)CNC(=O)CCCNc1ccccn1)c1cccc(-c2ccc(F)cc2)c1.[Na+]. The third-order valence-electron chi connectivity index (χ3n) is 5.17. The number of aliphatic carboxylic acids is 1. The summed E-state index contributed by atoms with van der Waals surface area (Å²) >= 11 is 0. The molecule has 10 heteroatoms. The monoisotopic (exact) mass is 500 g/mol. The van der Waals surface area contributed by atoms with Gasteiger partial charge in [-0.05, 0) is 53.4 Å². The van der Waals surface area contributed by atoms with Gasteiger partial charge in [0, 0.05) is 31.6 Å². The van der Waals surface area contributed by atoms with E-state index >= 15 is 0 Å². The van der Waals surface area contributed by atoms with Gasteiger partial charge < -0.3 is 25.9 Å². The second-order valence-electron chi connectivity index (χ2n) is 7.85. The van der Waals surface area contributed by atoms with Gasteiger partial charge in [0.05, 0.1) is 12.6 Å². The molecular weight excluding hydrogens is 474 g/mol. The summed E-state index contributed by atoms with van der Waals surface area (Å²) in [7, 11) is 0. The van der Waals surface area contributed by atoms with Crippen molar-refractivity contribution in [3.63, 3.8) is 0 Å². The zero-order valence-corrected chi connectivity index (χ0v) is 22.0. The molecule has 2 amide bonds. The van der Waals surface area contributed by atoms with Gasteiger partial charge >= 0.3 is 29.6 Å². The standard InChI is InChI=1S/C26H27FN4O4.Na/c27-21-11-9-18(10-12-21)19-5-3-6-20(15-19)22(16-26(34)35)31-25(33)17-30-24(32)8-4-14-29-23-7-1-2-13-28-23;/h1-3,5-7,9-13,15,22H,4,8,14,16-17H2,(H,28,29)(H,30,32)(H,31,33)(H,34,35);/q;+1/p-1. The maximum Gasteiger partial charge on any atom is 1.00 e. The van der Waals surface area contributed by atoms with Gasteiger partial charge in [-0.2, -0.15) is 0 Å². The van der Waals surface area contributed by atoms with Crippen LogP contribution in [0.5, 0.6) is 0 Å². The fraction of sp³-hybridized carbons (Fsp3) is 0.231. The Labute approximate surface area is 231 Å². The second kappa shape index (κ2) is 15.0. The third kappa shape index (κ3) is 9.77. The van der Waals surface area contributed by atoms with E-state index in [1.54, 1.807) is 42.6 Å². The molecule has 36 heavy (non-hydrogen) atoms. The molecule has 8 nitrogen and oxygen atoms in total. The number of carboxylic acid groups (broad SMARTS) is 1. The maximum absolute atomic E-state index is 13.2. The van der Waals surface area contributed by atoms with E-state index in [9.17, 15) is 23.9 Å². The van der Waals surface area contributed by atoms with Crippen LogP contribution in [0, 0.1) is 5.82 Å². The van der Waals surface area contributed by atoms with E-state index in [-0.39, 0.29) is 54.2 Å². The number of benzene rings is 2. The van der Waals surface area contributed by atoms with Gasteiger partial charge in [0.1, 0.15) is 11.6 Å². The van der Waals surface area contributed by atoms with Crippen LogP contribution in [-0.2, 0) is 14.4 Å². The normalized spacial score (nSPS) is 11.0. The number of nitrogens with one attached hydrogen (secondary N) is 3. The van der Waals surface area contributed by atoms with Gasteiger partial charge in [0.15, 0.2) is 0 Å². The Bertz CT molecular complexity index is 1150. The molecule has 0 aliphatic rings. The van der Waals surface area contributed by atoms with Crippen LogP contribution in [-0.4, -0.2) is 35.9 Å². The van der Waals surface area contributed by atoms with Crippen molar-refractivity contribution in [2.75, 3.05) is 18.4 Å². The molecule has 1 heterocycles. The zero-order chi connectivity index (χ0) is 25.0. The first-order valence-corrected chi connectivity index (χ1v) is 11.2. The number of carbonyl (C=O) groups is 3. The summed E-state index contributed by atoms with van der Waals surface area (Å²) in [6.45, 7) is 0.266. The summed E-state index contributed by atoms with van der Waals surface area (Å²) in [6.07, 6.45) is 1.99. The predicted molar refractivity (Wildman–Crippen MR) is 127 cm³/mol. The number of rotatable bonds is 12. The predicted octanol–water partition coefficient (Wildman–Crippen LogP) is -0.802. The Balaban J connectivity index is 0.00000456. The first-order chi connectivity index (χ1) is 16.9. The topological polar surface area (TPSA) is 123 Å². The van der Waals surface area contributed by atoms with Crippen LogP contribution in [0.25, 0.3) is 11.1 Å². The second-order valence-corrected chi connectivity index (χ2v) is 7.85. The molecule has 0 aliphatic heterocycles. The van der Waals surface area contributed by atoms with Crippen molar-refractivity contribution in [1.29, 1.82) is 0 Å². The number of nitrogens with zero attached hydrogens (tertiary/aromatic N) is 1. The minimum Gasteiger partial charge on any atom is -0.550 e. The number of halogens is 1. The maximum atomic E-state index is 13.2. The largest absolute Gasteiger partial charge is 1.00 e. The Kier molecular flexibility index (Phi) is 12.0. The Morgan fingerprint density at radius 3 is 2.42 bits per heavy atom. The molecule has 1 atom stereocenters. The Hall–Kier alpha value is -3.27. The number of aromatic nitrogens is 1. The molecular formula is C26H26FN4NaO4. The van der Waals surface area contributed by atoms with Crippen LogP contribution in [0.3, 0.4) is 0 Å². The minimum atomic E-state index is -1.33. The fourth-order valence-corrected chi connectivity index (χ4v) is 3.44. The van der Waals surface area contributed by atoms with E-state index in [0.29, 0.717) is 18.5 Å². The van der Waals surface area contributed by atoms with Gasteiger partial charge in [-0.15, -0.1) is 0 Å². The molecule has 3 N–H and O–H groups in total. The zero-order valence-electron chi connectivity index (χ0n) is 20.0. The smallest absolute Gasteiger partial charge is 0.550 e. The number of hydrogen-bond acceptors (Lipinski definition) is 6. The molecule has 3 rings (SSSR count). The molecule has 182 valence electrons. The van der Waals surface area contributed by atoms with Crippen LogP contribution in [0.4, 0.5) is 10.2 Å². The molecule has 0 spiro atoms. The van der Waals surface area contributed by atoms with E-state index in [2.05, 4.69) is 20.9 Å². The first kappa shape index (κ1) is 29.0. The van der Waals surface area contributed by atoms with E-state index in [1.165, 1.54) is 12.1 Å². The van der Waals surface area contributed by atoms with Gasteiger partial charge in [-0.3, -0.25) is 9.59 Å². The van der Waals surface area contributed by atoms with Crippen molar-refractivity contribution in [1.82, 2.24) is 15.6 Å². The van der Waals surface area contributed by atoms with Crippen molar-refractivity contribution < 1.29 is 53.4 Å². The molecule has 0 aliphatic carbocycles. The minimum absolute atomic E-state index is 0. The molecule has 0 fully saturated rings. The van der Waals surface area contributed by atoms with Gasteiger partial charge in [0.25, 0.3) is 0 Å². The molecule has 0 bridgehead atoms. The number of hydrogen-bond donors (Lipinski definition) is 3. The molecule has 3 aromatic rings. The van der Waals surface area contributed by atoms with Gasteiger partial charge in [-0.25, -0.2) is 9.37 Å². The average molecular weight is 501 g/mol. The van der Waals surface area contributed by atoms with Crippen LogP contribution in [0.2, 0.25) is 0 Å². The Morgan fingerprint density at radius 2 is 1.72 bits per heavy atom. The van der Waals surface area contributed by atoms with Crippen LogP contribution >= 0.6 is 0 Å². The average Bonchev–Trinajstić information content (AvgIpc) is 2.86. The molecule has 0 radical (unpaired) electrons. The van der Waals surface area contributed by atoms with Crippen molar-refractivity contribution in [2.45, 2.75) is 25.3 Å². The number of carbonyl (C=O) groups excluding carboxylic acids is 3. The molecule has 0 saturated heterocycles. The van der Waals surface area contributed by atoms with E-state index in [4.69, 9.17) is 0 Å². The number of carboxylic acids is 1. The van der Waals surface area contributed by atoms with E-state index in [1.807, 2.05) is 18.2 Å². The number of anilines is 1. The van der Waals surface area contributed by atoms with Crippen LogP contribution < -0.4 is 50.6 Å². The van der Waals surface area contributed by atoms with Gasteiger partial charge in [0.2, 0.25) is 11.8 Å². The number of amides is 2. The molecule has 2 aromatic carbocycles. The van der Waals surface area contributed by atoms with Crippen LogP contribution in [0.15, 0.2) is 72.9 Å². The molecule has 0 saturated carbocycles. The van der Waals surface area contributed by atoms with E-state index in [0.717, 1.165) is 16.9 Å². The summed E-state index contributed by atoms with van der Waals surface area (Å²) in [5, 5.41) is 19.6. The summed E-state index contributed by atoms with van der Waals surface area (Å²) in [4.78, 5) is 39.9. The van der Waals surface area contributed by atoms with Crippen molar-refractivity contribution in [3.05, 3.63) is 84.3 Å². The Morgan fingerprint density at radius 1 is 0.944 bits per heavy atom. The van der Waals surface area contributed by atoms with Gasteiger partial charge in [-0.1, -0.05) is 36.4 Å². The number of pyridine rings is 1. The van der Waals surface area contributed by atoms with Crippen molar-refractivity contribution >= 4 is 23.6 Å². The third-order valence-corrected chi connectivity index (χ3v) is 5.17. The summed E-state index contributed by atoms with van der Waals surface area (Å²) in [5.41, 5.74) is 2.04. The fourth-order valence-electron chi connectivity index (χ4n) is 3.44. The summed E-state index contributed by atoms with van der Waals surface area (Å²) < 4.78 is 13.2. The summed E-state index contributed by atoms with van der Waals surface area (Å²) in [6, 6.07) is 17.5. The van der Waals surface area contributed by atoms with Crippen molar-refractivity contribution in [2.24, 2.45) is 0 Å². The van der Waals surface area contributed by atoms with Crippen molar-refractivity contribution in [3.8, 4) is 11.1 Å².